The molecule has 1 aromatic rings. The molecule has 1 unspecified atom stereocenters. The van der Waals surface area contributed by atoms with E-state index in [0.29, 0.717) is 26.1 Å². The molecule has 0 aliphatic heterocycles. The molecule has 10 nitrogen and oxygen atoms in total. The van der Waals surface area contributed by atoms with Gasteiger partial charge in [0, 0.05) is 7.11 Å². The Kier molecular flexibility index (Phi) is 13.3. The molecular weight excluding hydrogens is 506 g/mol. The Hall–Kier alpha value is -2.53. The first-order chi connectivity index (χ1) is 18.5. The molecule has 0 heterocycles. The van der Waals surface area contributed by atoms with Crippen molar-refractivity contribution in [1.29, 1.82) is 0 Å². The second kappa shape index (κ2) is 15.9. The van der Waals surface area contributed by atoms with Crippen LogP contribution in [0.15, 0.2) is 30.3 Å². The fourth-order valence-electron chi connectivity index (χ4n) is 4.62. The van der Waals surface area contributed by atoms with Gasteiger partial charge in [0.05, 0.1) is 50.8 Å². The number of esters is 2. The van der Waals surface area contributed by atoms with Crippen molar-refractivity contribution in [2.24, 2.45) is 11.3 Å². The van der Waals surface area contributed by atoms with Gasteiger partial charge in [0.1, 0.15) is 5.60 Å². The molecular formula is C29H45NO9. The lowest BCUT2D eigenvalue weighted by molar-refractivity contribution is -0.214. The summed E-state index contributed by atoms with van der Waals surface area (Å²) in [4.78, 5) is 44.9. The first kappa shape index (κ1) is 32.7. The average molecular weight is 552 g/mol. The third kappa shape index (κ3) is 11.2. The normalized spacial score (nSPS) is 16.5. The van der Waals surface area contributed by atoms with E-state index in [-0.39, 0.29) is 32.7 Å². The molecule has 0 amide bonds. The lowest BCUT2D eigenvalue weighted by Gasteiger charge is -2.33. The number of nitrogens with zero attached hydrogens (tertiary/aromatic N) is 1. The van der Waals surface area contributed by atoms with Gasteiger partial charge in [0.2, 0.25) is 0 Å². The van der Waals surface area contributed by atoms with Crippen molar-refractivity contribution in [2.75, 3.05) is 40.1 Å². The van der Waals surface area contributed by atoms with Crippen molar-refractivity contribution in [1.82, 2.24) is 5.06 Å². The minimum absolute atomic E-state index is 0.0859. The van der Waals surface area contributed by atoms with Crippen molar-refractivity contribution < 1.29 is 43.3 Å². The summed E-state index contributed by atoms with van der Waals surface area (Å²) in [5.41, 5.74) is -0.795. The molecule has 2 rings (SSSR count). The first-order valence-corrected chi connectivity index (χ1v) is 13.6. The Morgan fingerprint density at radius 1 is 1.05 bits per heavy atom. The van der Waals surface area contributed by atoms with Crippen LogP contribution in [0, 0.1) is 11.3 Å². The minimum atomic E-state index is -1.50. The number of hydroxylamine groups is 2. The third-order valence-electron chi connectivity index (χ3n) is 6.47. The van der Waals surface area contributed by atoms with Gasteiger partial charge in [-0.3, -0.25) is 4.79 Å². The number of ether oxygens (including phenoxy) is 4. The van der Waals surface area contributed by atoms with Crippen LogP contribution < -0.4 is 0 Å². The maximum atomic E-state index is 13.8. The van der Waals surface area contributed by atoms with Crippen LogP contribution in [0.25, 0.3) is 0 Å². The van der Waals surface area contributed by atoms with Crippen LogP contribution in [-0.2, 0) is 44.7 Å². The van der Waals surface area contributed by atoms with Gasteiger partial charge in [0.15, 0.2) is 6.10 Å². The maximum Gasteiger partial charge on any atom is 0.336 e. The van der Waals surface area contributed by atoms with Crippen LogP contribution in [0.1, 0.15) is 65.4 Å². The molecule has 1 aliphatic carbocycles. The molecule has 0 bridgehead atoms. The lowest BCUT2D eigenvalue weighted by atomic mass is 9.77. The molecule has 220 valence electrons. The minimum Gasteiger partial charge on any atom is -0.464 e. The van der Waals surface area contributed by atoms with E-state index in [0.717, 1.165) is 18.4 Å². The Morgan fingerprint density at radius 2 is 1.72 bits per heavy atom. The zero-order valence-corrected chi connectivity index (χ0v) is 24.0. The highest BCUT2D eigenvalue weighted by atomic mass is 16.7. The SMILES string of the molecule is CCOC(=O)[C@@H](O)CN(Cc1ccccc1)OC(=O)C1(CC(COCCOC)C(=O)OC(C)(C)C)CCCC1. The molecule has 0 radical (unpaired) electrons. The number of methoxy groups -OCH3 is 1. The van der Waals surface area contributed by atoms with E-state index in [1.807, 2.05) is 30.3 Å². The highest BCUT2D eigenvalue weighted by Gasteiger charge is 2.47. The highest BCUT2D eigenvalue weighted by Crippen LogP contribution is 2.45. The standard InChI is InChI=1S/C29H45NO9/c1-6-37-26(33)24(31)20-30(19-22-12-8-7-9-13-22)39-27(34)29(14-10-11-15-29)18-23(21-36-17-16-35-5)25(32)38-28(2,3)4/h7-9,12-13,23-24,31H,6,10-11,14-21H2,1-5H3/t23?,24-/m0/s1. The lowest BCUT2D eigenvalue weighted by Crippen LogP contribution is -2.44. The molecule has 1 N–H and O–H groups in total. The van der Waals surface area contributed by atoms with Crippen molar-refractivity contribution >= 4 is 17.9 Å². The van der Waals surface area contributed by atoms with E-state index < -0.39 is 40.9 Å². The van der Waals surface area contributed by atoms with Crippen molar-refractivity contribution in [3.05, 3.63) is 35.9 Å². The second-order valence-electron chi connectivity index (χ2n) is 10.9. The Bertz CT molecular complexity index is 894. The fourth-order valence-corrected chi connectivity index (χ4v) is 4.62. The number of rotatable bonds is 16. The summed E-state index contributed by atoms with van der Waals surface area (Å²) >= 11 is 0. The van der Waals surface area contributed by atoms with Crippen molar-refractivity contribution in [2.45, 2.75) is 78.0 Å². The van der Waals surface area contributed by atoms with E-state index in [1.54, 1.807) is 34.8 Å². The molecule has 2 atom stereocenters. The first-order valence-electron chi connectivity index (χ1n) is 13.6. The molecule has 0 saturated heterocycles. The van der Waals surface area contributed by atoms with Gasteiger partial charge in [-0.1, -0.05) is 43.2 Å². The monoisotopic (exact) mass is 551 g/mol. The number of aliphatic hydroxyl groups is 1. The molecule has 1 saturated carbocycles. The smallest absolute Gasteiger partial charge is 0.336 e. The summed E-state index contributed by atoms with van der Waals surface area (Å²) < 4.78 is 21.3. The molecule has 1 aliphatic rings. The van der Waals surface area contributed by atoms with Gasteiger partial charge in [-0.05, 0) is 52.5 Å². The molecule has 1 aromatic carbocycles. The van der Waals surface area contributed by atoms with E-state index in [9.17, 15) is 19.5 Å². The Morgan fingerprint density at radius 3 is 2.31 bits per heavy atom. The van der Waals surface area contributed by atoms with E-state index >= 15 is 0 Å². The Labute approximate surface area is 231 Å². The van der Waals surface area contributed by atoms with Crippen LogP contribution in [0.2, 0.25) is 0 Å². The number of benzene rings is 1. The van der Waals surface area contributed by atoms with Gasteiger partial charge in [0.25, 0.3) is 0 Å². The van der Waals surface area contributed by atoms with Crippen LogP contribution in [0.4, 0.5) is 0 Å². The van der Waals surface area contributed by atoms with E-state index in [2.05, 4.69) is 0 Å². The molecule has 39 heavy (non-hydrogen) atoms. The van der Waals surface area contributed by atoms with Gasteiger partial charge in [-0.2, -0.15) is 0 Å². The van der Waals surface area contributed by atoms with Crippen LogP contribution in [0.5, 0.6) is 0 Å². The van der Waals surface area contributed by atoms with Gasteiger partial charge >= 0.3 is 17.9 Å². The average Bonchev–Trinajstić information content (AvgIpc) is 3.35. The fraction of sp³-hybridized carbons (Fsp3) is 0.690. The number of aliphatic hydroxyl groups excluding tert-OH is 1. The van der Waals surface area contributed by atoms with Crippen molar-refractivity contribution in [3.63, 3.8) is 0 Å². The Balaban J connectivity index is 2.24. The number of carbonyl (C=O) groups excluding carboxylic acids is 3. The highest BCUT2D eigenvalue weighted by molar-refractivity contribution is 5.79. The largest absolute Gasteiger partial charge is 0.464 e. The predicted molar refractivity (Wildman–Crippen MR) is 143 cm³/mol. The number of hydrogen-bond donors (Lipinski definition) is 1. The summed E-state index contributed by atoms with van der Waals surface area (Å²) in [5, 5.41) is 11.7. The summed E-state index contributed by atoms with van der Waals surface area (Å²) in [7, 11) is 1.57. The van der Waals surface area contributed by atoms with Gasteiger partial charge in [-0.25, -0.2) is 9.59 Å². The van der Waals surface area contributed by atoms with Gasteiger partial charge < -0.3 is 28.9 Å². The summed E-state index contributed by atoms with van der Waals surface area (Å²) in [5.74, 6) is -2.41. The third-order valence-corrected chi connectivity index (χ3v) is 6.47. The van der Waals surface area contributed by atoms with Crippen LogP contribution in [0.3, 0.4) is 0 Å². The summed E-state index contributed by atoms with van der Waals surface area (Å²) in [6.07, 6.45) is 1.42. The topological polar surface area (TPSA) is 121 Å². The zero-order valence-electron chi connectivity index (χ0n) is 24.0. The quantitative estimate of drug-likeness (QED) is 0.186. The molecule has 0 spiro atoms. The molecule has 1 fully saturated rings. The maximum absolute atomic E-state index is 13.8. The van der Waals surface area contributed by atoms with Gasteiger partial charge in [-0.15, -0.1) is 5.06 Å². The summed E-state index contributed by atoms with van der Waals surface area (Å²) in [6, 6.07) is 9.29. The van der Waals surface area contributed by atoms with Crippen molar-refractivity contribution in [3.8, 4) is 0 Å². The zero-order chi connectivity index (χ0) is 28.9. The summed E-state index contributed by atoms with van der Waals surface area (Å²) in [6.45, 7) is 7.83. The molecule has 10 heteroatoms. The molecule has 0 aromatic heterocycles. The number of hydrogen-bond acceptors (Lipinski definition) is 10. The van der Waals surface area contributed by atoms with E-state index in [1.165, 1.54) is 5.06 Å². The number of carbonyl (C=O) groups is 3. The predicted octanol–water partition coefficient (Wildman–Crippen LogP) is 3.44. The van der Waals surface area contributed by atoms with Crippen LogP contribution >= 0.6 is 0 Å². The second-order valence-corrected chi connectivity index (χ2v) is 10.9. The van der Waals surface area contributed by atoms with E-state index in [4.69, 9.17) is 23.8 Å². The van der Waals surface area contributed by atoms with Crippen LogP contribution in [-0.4, -0.2) is 79.9 Å².